The van der Waals surface area contributed by atoms with E-state index in [0.29, 0.717) is 0 Å². The van der Waals surface area contributed by atoms with Crippen molar-refractivity contribution >= 4 is 12.3 Å². The van der Waals surface area contributed by atoms with Gasteiger partial charge in [-0.25, -0.2) is 4.79 Å². The standard InChI is InChI=1S/C15H18N2O3/c1-15(2,3)20-14(18)16-9-5-8-12-6-4-7-13(10-12)11-17-19/h4,6-7,10-11,19H,9H2,1-3H3,(H,16,18). The van der Waals surface area contributed by atoms with Crippen LogP contribution in [0.4, 0.5) is 4.79 Å². The number of oxime groups is 1. The fraction of sp³-hybridized carbons (Fsp3) is 0.333. The molecule has 1 rings (SSSR count). The first-order valence-corrected chi connectivity index (χ1v) is 6.14. The SMILES string of the molecule is CC(C)(C)OC(=O)NCC#Cc1cccc(C=NO)c1. The van der Waals surface area contributed by atoms with Crippen LogP contribution in [0, 0.1) is 11.8 Å². The predicted octanol–water partition coefficient (Wildman–Crippen LogP) is 2.37. The molecule has 0 radical (unpaired) electrons. The van der Waals surface area contributed by atoms with E-state index in [1.54, 1.807) is 32.9 Å². The first kappa shape index (κ1) is 15.6. The second kappa shape index (κ2) is 7.19. The zero-order chi connectivity index (χ0) is 15.0. The van der Waals surface area contributed by atoms with Crippen LogP contribution in [0.15, 0.2) is 29.4 Å². The zero-order valence-corrected chi connectivity index (χ0v) is 11.8. The molecular weight excluding hydrogens is 256 g/mol. The molecule has 20 heavy (non-hydrogen) atoms. The van der Waals surface area contributed by atoms with Gasteiger partial charge in [-0.05, 0) is 38.5 Å². The Hall–Kier alpha value is -2.48. The maximum Gasteiger partial charge on any atom is 0.408 e. The maximum atomic E-state index is 11.4. The van der Waals surface area contributed by atoms with Gasteiger partial charge in [0.15, 0.2) is 0 Å². The minimum Gasteiger partial charge on any atom is -0.444 e. The van der Waals surface area contributed by atoms with Crippen molar-refractivity contribution in [1.82, 2.24) is 5.32 Å². The summed E-state index contributed by atoms with van der Waals surface area (Å²) in [6.07, 6.45) is 0.831. The van der Waals surface area contributed by atoms with E-state index in [9.17, 15) is 4.79 Å². The number of carbonyl (C=O) groups excluding carboxylic acids is 1. The van der Waals surface area contributed by atoms with Crippen molar-refractivity contribution in [3.8, 4) is 11.8 Å². The quantitative estimate of drug-likeness (QED) is 0.376. The number of carbonyl (C=O) groups is 1. The minimum atomic E-state index is -0.518. The Balaban J connectivity index is 2.51. The number of amides is 1. The number of hydrogen-bond acceptors (Lipinski definition) is 4. The average Bonchev–Trinajstić information content (AvgIpc) is 2.33. The molecule has 0 aromatic heterocycles. The fourth-order valence-electron chi connectivity index (χ4n) is 1.34. The van der Waals surface area contributed by atoms with Crippen molar-refractivity contribution in [3.63, 3.8) is 0 Å². The molecule has 0 aliphatic heterocycles. The molecule has 1 aromatic rings. The van der Waals surface area contributed by atoms with Crippen LogP contribution in [-0.2, 0) is 4.74 Å². The van der Waals surface area contributed by atoms with Crippen LogP contribution in [0.2, 0.25) is 0 Å². The molecule has 0 fully saturated rings. The number of benzene rings is 1. The molecule has 5 nitrogen and oxygen atoms in total. The molecule has 1 aromatic carbocycles. The molecule has 0 spiro atoms. The lowest BCUT2D eigenvalue weighted by Gasteiger charge is -2.18. The predicted molar refractivity (Wildman–Crippen MR) is 76.9 cm³/mol. The molecule has 0 unspecified atom stereocenters. The molecule has 0 heterocycles. The normalized spacial score (nSPS) is 10.8. The third kappa shape index (κ3) is 6.45. The van der Waals surface area contributed by atoms with Gasteiger partial charge in [0, 0.05) is 5.56 Å². The lowest BCUT2D eigenvalue weighted by Crippen LogP contribution is -2.32. The van der Waals surface area contributed by atoms with E-state index in [-0.39, 0.29) is 6.54 Å². The lowest BCUT2D eigenvalue weighted by molar-refractivity contribution is 0.0535. The van der Waals surface area contributed by atoms with E-state index < -0.39 is 11.7 Å². The molecule has 106 valence electrons. The Morgan fingerprint density at radius 2 is 2.25 bits per heavy atom. The largest absolute Gasteiger partial charge is 0.444 e. The van der Waals surface area contributed by atoms with Gasteiger partial charge in [-0.15, -0.1) is 0 Å². The molecular formula is C15H18N2O3. The number of nitrogens with one attached hydrogen (secondary N) is 1. The van der Waals surface area contributed by atoms with E-state index in [0.717, 1.165) is 11.1 Å². The summed E-state index contributed by atoms with van der Waals surface area (Å²) < 4.78 is 5.08. The highest BCUT2D eigenvalue weighted by molar-refractivity contribution is 5.79. The van der Waals surface area contributed by atoms with Crippen molar-refractivity contribution in [2.75, 3.05) is 6.54 Å². The monoisotopic (exact) mass is 274 g/mol. The van der Waals surface area contributed by atoms with Gasteiger partial charge in [-0.1, -0.05) is 29.1 Å². The molecule has 0 saturated heterocycles. The zero-order valence-electron chi connectivity index (χ0n) is 11.8. The summed E-state index contributed by atoms with van der Waals surface area (Å²) in [6.45, 7) is 5.60. The highest BCUT2D eigenvalue weighted by atomic mass is 16.6. The van der Waals surface area contributed by atoms with E-state index in [2.05, 4.69) is 22.3 Å². The number of ether oxygens (including phenoxy) is 1. The Kier molecular flexibility index (Phi) is 5.60. The van der Waals surface area contributed by atoms with E-state index in [4.69, 9.17) is 9.94 Å². The van der Waals surface area contributed by atoms with Crippen LogP contribution in [0.1, 0.15) is 31.9 Å². The minimum absolute atomic E-state index is 0.202. The van der Waals surface area contributed by atoms with Gasteiger partial charge in [0.25, 0.3) is 0 Å². The molecule has 0 saturated carbocycles. The molecule has 0 atom stereocenters. The van der Waals surface area contributed by atoms with Crippen LogP contribution in [-0.4, -0.2) is 29.7 Å². The average molecular weight is 274 g/mol. The summed E-state index contributed by atoms with van der Waals surface area (Å²) in [6, 6.07) is 7.21. The van der Waals surface area contributed by atoms with Gasteiger partial charge < -0.3 is 15.3 Å². The summed E-state index contributed by atoms with van der Waals surface area (Å²) in [4.78, 5) is 11.4. The van der Waals surface area contributed by atoms with Gasteiger partial charge in [-0.3, -0.25) is 0 Å². The van der Waals surface area contributed by atoms with Crippen LogP contribution in [0.3, 0.4) is 0 Å². The lowest BCUT2D eigenvalue weighted by atomic mass is 10.1. The highest BCUT2D eigenvalue weighted by Gasteiger charge is 2.14. The van der Waals surface area contributed by atoms with E-state index in [1.807, 2.05) is 12.1 Å². The summed E-state index contributed by atoms with van der Waals surface area (Å²) in [5.41, 5.74) is 1.00. The molecule has 0 aliphatic carbocycles. The third-order valence-corrected chi connectivity index (χ3v) is 2.05. The van der Waals surface area contributed by atoms with Crippen molar-refractivity contribution in [2.45, 2.75) is 26.4 Å². The van der Waals surface area contributed by atoms with Crippen molar-refractivity contribution < 1.29 is 14.7 Å². The highest BCUT2D eigenvalue weighted by Crippen LogP contribution is 2.06. The molecule has 0 aliphatic rings. The second-order valence-electron chi connectivity index (χ2n) is 5.03. The molecule has 2 N–H and O–H groups in total. The summed E-state index contributed by atoms with van der Waals surface area (Å²) in [7, 11) is 0. The smallest absolute Gasteiger partial charge is 0.408 e. The van der Waals surface area contributed by atoms with Crippen LogP contribution in [0.25, 0.3) is 0 Å². The maximum absolute atomic E-state index is 11.4. The van der Waals surface area contributed by atoms with Crippen molar-refractivity contribution in [1.29, 1.82) is 0 Å². The van der Waals surface area contributed by atoms with Gasteiger partial charge in [0.1, 0.15) is 5.60 Å². The summed E-state index contributed by atoms with van der Waals surface area (Å²) in [5.74, 6) is 5.72. The van der Waals surface area contributed by atoms with Gasteiger partial charge in [0.2, 0.25) is 0 Å². The molecule has 5 heteroatoms. The summed E-state index contributed by atoms with van der Waals surface area (Å²) in [5, 5.41) is 14.0. The number of hydrogen-bond donors (Lipinski definition) is 2. The van der Waals surface area contributed by atoms with E-state index in [1.165, 1.54) is 6.21 Å². The fourth-order valence-corrected chi connectivity index (χ4v) is 1.34. The van der Waals surface area contributed by atoms with Gasteiger partial charge in [-0.2, -0.15) is 0 Å². The molecule has 1 amide bonds. The first-order chi connectivity index (χ1) is 9.40. The Morgan fingerprint density at radius 3 is 2.90 bits per heavy atom. The number of rotatable bonds is 2. The summed E-state index contributed by atoms with van der Waals surface area (Å²) >= 11 is 0. The van der Waals surface area contributed by atoms with Gasteiger partial charge >= 0.3 is 6.09 Å². The Bertz CT molecular complexity index is 548. The van der Waals surface area contributed by atoms with Crippen molar-refractivity contribution in [2.24, 2.45) is 5.16 Å². The van der Waals surface area contributed by atoms with Crippen LogP contribution in [0.5, 0.6) is 0 Å². The molecule has 0 bridgehead atoms. The first-order valence-electron chi connectivity index (χ1n) is 6.14. The van der Waals surface area contributed by atoms with Gasteiger partial charge in [0.05, 0.1) is 12.8 Å². The third-order valence-electron chi connectivity index (χ3n) is 2.05. The van der Waals surface area contributed by atoms with Crippen molar-refractivity contribution in [3.05, 3.63) is 35.4 Å². The Labute approximate surface area is 118 Å². The van der Waals surface area contributed by atoms with Crippen LogP contribution < -0.4 is 5.32 Å². The second-order valence-corrected chi connectivity index (χ2v) is 5.03. The van der Waals surface area contributed by atoms with Crippen LogP contribution >= 0.6 is 0 Å². The topological polar surface area (TPSA) is 70.9 Å². The number of alkyl carbamates (subject to hydrolysis) is 1. The Morgan fingerprint density at radius 1 is 1.50 bits per heavy atom. The van der Waals surface area contributed by atoms with E-state index >= 15 is 0 Å². The number of nitrogens with zero attached hydrogens (tertiary/aromatic N) is 1.